The van der Waals surface area contributed by atoms with E-state index in [2.05, 4.69) is 10.3 Å². The minimum Gasteiger partial charge on any atom is -0.324 e. The molecule has 26 heavy (non-hydrogen) atoms. The number of anilines is 2. The van der Waals surface area contributed by atoms with Crippen molar-refractivity contribution in [3.05, 3.63) is 72.2 Å². The average molecular weight is 387 g/mol. The van der Waals surface area contributed by atoms with Crippen LogP contribution >= 0.6 is 11.3 Å². The third kappa shape index (κ3) is 3.76. The molecule has 1 aromatic heterocycles. The van der Waals surface area contributed by atoms with E-state index in [0.29, 0.717) is 5.69 Å². The Balaban J connectivity index is 1.96. The highest BCUT2D eigenvalue weighted by molar-refractivity contribution is 7.93. The van der Waals surface area contributed by atoms with Gasteiger partial charge in [0.15, 0.2) is 5.13 Å². The van der Waals surface area contributed by atoms with E-state index >= 15 is 0 Å². The van der Waals surface area contributed by atoms with E-state index in [-0.39, 0.29) is 10.0 Å². The van der Waals surface area contributed by atoms with Gasteiger partial charge in [-0.2, -0.15) is 0 Å². The van der Waals surface area contributed by atoms with E-state index in [4.69, 9.17) is 0 Å². The molecule has 134 valence electrons. The van der Waals surface area contributed by atoms with Crippen LogP contribution in [0.1, 0.15) is 6.92 Å². The highest BCUT2D eigenvalue weighted by Crippen LogP contribution is 2.28. The molecule has 1 atom stereocenters. The molecule has 1 N–H and O–H groups in total. The monoisotopic (exact) mass is 387 g/mol. The number of benzene rings is 2. The number of nitrogens with one attached hydrogen (secondary N) is 1. The summed E-state index contributed by atoms with van der Waals surface area (Å²) in [6.45, 7) is 1.54. The molecule has 0 spiro atoms. The normalized spacial score (nSPS) is 12.3. The molecule has 0 radical (unpaired) electrons. The van der Waals surface area contributed by atoms with Crippen molar-refractivity contribution in [3.8, 4) is 0 Å². The van der Waals surface area contributed by atoms with Crippen LogP contribution in [-0.4, -0.2) is 25.4 Å². The van der Waals surface area contributed by atoms with Crippen molar-refractivity contribution in [2.45, 2.75) is 17.9 Å². The molecular formula is C18H17N3O3S2. The lowest BCUT2D eigenvalue weighted by atomic mass is 10.3. The Bertz CT molecular complexity index is 959. The zero-order valence-electron chi connectivity index (χ0n) is 13.9. The molecule has 0 aliphatic rings. The van der Waals surface area contributed by atoms with E-state index in [1.54, 1.807) is 54.8 Å². The van der Waals surface area contributed by atoms with Crippen molar-refractivity contribution in [1.82, 2.24) is 4.98 Å². The van der Waals surface area contributed by atoms with Gasteiger partial charge in [0.05, 0.1) is 4.90 Å². The summed E-state index contributed by atoms with van der Waals surface area (Å²) in [5.74, 6) is -0.439. The second kappa shape index (κ2) is 7.67. The first-order chi connectivity index (χ1) is 12.5. The minimum absolute atomic E-state index is 0.106. The molecule has 8 heteroatoms. The number of hydrogen-bond donors (Lipinski definition) is 1. The number of rotatable bonds is 6. The Hall–Kier alpha value is -2.71. The van der Waals surface area contributed by atoms with Gasteiger partial charge in [-0.05, 0) is 31.2 Å². The summed E-state index contributed by atoms with van der Waals surface area (Å²) >= 11 is 1.16. The third-order valence-electron chi connectivity index (χ3n) is 3.68. The van der Waals surface area contributed by atoms with Crippen LogP contribution in [0.3, 0.4) is 0 Å². The number of thiazole rings is 1. The summed E-state index contributed by atoms with van der Waals surface area (Å²) in [5.41, 5.74) is 0.598. The van der Waals surface area contributed by atoms with E-state index in [0.717, 1.165) is 15.6 Å². The average Bonchev–Trinajstić information content (AvgIpc) is 3.17. The molecule has 3 aromatic rings. The second-order valence-corrected chi connectivity index (χ2v) is 8.15. The first-order valence-corrected chi connectivity index (χ1v) is 10.2. The van der Waals surface area contributed by atoms with Crippen LogP contribution in [0.2, 0.25) is 0 Å². The maximum Gasteiger partial charge on any atom is 0.266 e. The number of aromatic nitrogens is 1. The van der Waals surface area contributed by atoms with Crippen LogP contribution in [0.15, 0.2) is 77.1 Å². The number of carbonyl (C=O) groups excluding carboxylic acids is 1. The first-order valence-electron chi connectivity index (χ1n) is 7.85. The molecule has 0 saturated carbocycles. The van der Waals surface area contributed by atoms with Crippen molar-refractivity contribution < 1.29 is 13.2 Å². The summed E-state index contributed by atoms with van der Waals surface area (Å²) in [4.78, 5) is 16.9. The molecule has 6 nitrogen and oxygen atoms in total. The molecule has 0 bridgehead atoms. The smallest absolute Gasteiger partial charge is 0.266 e. The predicted octanol–water partition coefficient (Wildman–Crippen LogP) is 3.37. The predicted molar refractivity (Wildman–Crippen MR) is 103 cm³/mol. The van der Waals surface area contributed by atoms with Gasteiger partial charge in [-0.1, -0.05) is 36.4 Å². The Kier molecular flexibility index (Phi) is 5.34. The summed E-state index contributed by atoms with van der Waals surface area (Å²) in [6.07, 6.45) is 1.51. The largest absolute Gasteiger partial charge is 0.324 e. The molecule has 1 amide bonds. The van der Waals surface area contributed by atoms with Gasteiger partial charge >= 0.3 is 0 Å². The molecule has 0 fully saturated rings. The van der Waals surface area contributed by atoms with Gasteiger partial charge in [-0.3, -0.25) is 4.79 Å². The maximum atomic E-state index is 13.1. The number of amides is 1. The quantitative estimate of drug-likeness (QED) is 0.703. The molecule has 1 heterocycles. The van der Waals surface area contributed by atoms with Crippen LogP contribution < -0.4 is 9.62 Å². The summed E-state index contributed by atoms with van der Waals surface area (Å²) in [7, 11) is -3.94. The summed E-state index contributed by atoms with van der Waals surface area (Å²) in [6, 6.07) is 15.9. The molecule has 0 aliphatic heterocycles. The molecule has 0 aliphatic carbocycles. The fourth-order valence-corrected chi connectivity index (χ4v) is 4.93. The van der Waals surface area contributed by atoms with Crippen LogP contribution in [0.25, 0.3) is 0 Å². The van der Waals surface area contributed by atoms with Gasteiger partial charge < -0.3 is 5.32 Å². The molecule has 0 unspecified atom stereocenters. The van der Waals surface area contributed by atoms with E-state index < -0.39 is 22.0 Å². The Labute approximate surface area is 156 Å². The lowest BCUT2D eigenvalue weighted by Crippen LogP contribution is -2.45. The Morgan fingerprint density at radius 1 is 1.08 bits per heavy atom. The van der Waals surface area contributed by atoms with Gasteiger partial charge in [-0.15, -0.1) is 11.3 Å². The van der Waals surface area contributed by atoms with Gasteiger partial charge in [0.2, 0.25) is 5.91 Å². The number of carbonyl (C=O) groups is 1. The van der Waals surface area contributed by atoms with Crippen LogP contribution in [0.4, 0.5) is 10.8 Å². The summed E-state index contributed by atoms with van der Waals surface area (Å²) < 4.78 is 27.3. The molecule has 0 saturated heterocycles. The molecule has 2 aromatic carbocycles. The Morgan fingerprint density at radius 3 is 2.27 bits per heavy atom. The van der Waals surface area contributed by atoms with Crippen molar-refractivity contribution in [2.24, 2.45) is 0 Å². The van der Waals surface area contributed by atoms with Crippen LogP contribution in [0, 0.1) is 0 Å². The lowest BCUT2D eigenvalue weighted by Gasteiger charge is -2.27. The highest BCUT2D eigenvalue weighted by atomic mass is 32.2. The number of hydrogen-bond acceptors (Lipinski definition) is 5. The maximum absolute atomic E-state index is 13.1. The van der Waals surface area contributed by atoms with Crippen molar-refractivity contribution in [2.75, 3.05) is 9.62 Å². The van der Waals surface area contributed by atoms with Crippen molar-refractivity contribution >= 4 is 38.1 Å². The molecular weight excluding hydrogens is 370 g/mol. The zero-order valence-corrected chi connectivity index (χ0v) is 15.6. The standard InChI is InChI=1S/C18H17N3O3S2/c1-14(17(22)20-15-8-4-2-5-9-15)21(18-19-12-13-25-18)26(23,24)16-10-6-3-7-11-16/h2-14H,1H3,(H,20,22)/t14-/m0/s1. The topological polar surface area (TPSA) is 79.4 Å². The van der Waals surface area contributed by atoms with Crippen LogP contribution in [-0.2, 0) is 14.8 Å². The number of sulfonamides is 1. The van der Waals surface area contributed by atoms with Crippen molar-refractivity contribution in [1.29, 1.82) is 0 Å². The van der Waals surface area contributed by atoms with E-state index in [9.17, 15) is 13.2 Å². The number of nitrogens with zero attached hydrogens (tertiary/aromatic N) is 2. The second-order valence-electron chi connectivity index (χ2n) is 5.46. The third-order valence-corrected chi connectivity index (χ3v) is 6.44. The first kappa shape index (κ1) is 18.1. The highest BCUT2D eigenvalue weighted by Gasteiger charge is 2.34. The molecule has 3 rings (SSSR count). The van der Waals surface area contributed by atoms with Crippen LogP contribution in [0.5, 0.6) is 0 Å². The van der Waals surface area contributed by atoms with Gasteiger partial charge in [0, 0.05) is 17.3 Å². The van der Waals surface area contributed by atoms with Gasteiger partial charge in [-0.25, -0.2) is 17.7 Å². The zero-order chi connectivity index (χ0) is 18.6. The number of para-hydroxylation sites is 1. The summed E-state index contributed by atoms with van der Waals surface area (Å²) in [5, 5.41) is 4.65. The minimum atomic E-state index is -3.94. The van der Waals surface area contributed by atoms with E-state index in [1.807, 2.05) is 6.07 Å². The van der Waals surface area contributed by atoms with Gasteiger partial charge in [0.1, 0.15) is 6.04 Å². The fraction of sp³-hybridized carbons (Fsp3) is 0.111. The lowest BCUT2D eigenvalue weighted by molar-refractivity contribution is -0.116. The SMILES string of the molecule is C[C@@H](C(=O)Nc1ccccc1)N(c1nccs1)S(=O)(=O)c1ccccc1. The van der Waals surface area contributed by atoms with Crippen molar-refractivity contribution in [3.63, 3.8) is 0 Å². The Morgan fingerprint density at radius 2 is 1.69 bits per heavy atom. The van der Waals surface area contributed by atoms with Gasteiger partial charge in [0.25, 0.3) is 10.0 Å². The fourth-order valence-electron chi connectivity index (χ4n) is 2.38. The van der Waals surface area contributed by atoms with E-state index in [1.165, 1.54) is 18.3 Å².